The maximum atomic E-state index is 12.2. The van der Waals surface area contributed by atoms with Gasteiger partial charge in [0, 0.05) is 24.4 Å². The molecule has 1 aliphatic heterocycles. The minimum absolute atomic E-state index is 0.0403. The highest BCUT2D eigenvalue weighted by Gasteiger charge is 2.34. The average molecular weight is 312 g/mol. The number of amides is 4. The Kier molecular flexibility index (Phi) is 5.51. The highest BCUT2D eigenvalue weighted by Crippen LogP contribution is 2.23. The van der Waals surface area contributed by atoms with E-state index in [1.807, 2.05) is 20.8 Å². The first-order valence-electron chi connectivity index (χ1n) is 7.22. The summed E-state index contributed by atoms with van der Waals surface area (Å²) in [5.41, 5.74) is 9.58. The third-order valence-corrected chi connectivity index (χ3v) is 3.65. The van der Waals surface area contributed by atoms with Crippen LogP contribution in [-0.2, 0) is 19.2 Å². The van der Waals surface area contributed by atoms with Gasteiger partial charge >= 0.3 is 0 Å². The summed E-state index contributed by atoms with van der Waals surface area (Å²) >= 11 is 0. The van der Waals surface area contributed by atoms with Gasteiger partial charge in [-0.3, -0.25) is 19.2 Å². The number of carbonyl (C=O) groups is 4. The van der Waals surface area contributed by atoms with E-state index in [9.17, 15) is 19.2 Å². The van der Waals surface area contributed by atoms with Crippen LogP contribution in [-0.4, -0.2) is 47.7 Å². The Balaban J connectivity index is 2.58. The number of likely N-dealkylation sites (tertiary alicyclic amines) is 1. The van der Waals surface area contributed by atoms with E-state index in [-0.39, 0.29) is 11.8 Å². The van der Waals surface area contributed by atoms with Gasteiger partial charge < -0.3 is 21.7 Å². The number of carbonyl (C=O) groups excluding carboxylic acids is 4. The van der Waals surface area contributed by atoms with Crippen LogP contribution < -0.4 is 16.8 Å². The number of nitrogens with two attached hydrogens (primary N) is 2. The molecule has 0 aromatic heterocycles. The second-order valence-electron chi connectivity index (χ2n) is 6.56. The number of nitrogens with one attached hydrogen (secondary N) is 1. The predicted molar refractivity (Wildman–Crippen MR) is 79.1 cm³/mol. The van der Waals surface area contributed by atoms with Crippen molar-refractivity contribution >= 4 is 23.6 Å². The molecular formula is C14H24N4O4. The third kappa shape index (κ3) is 4.44. The number of nitrogens with zero attached hydrogens (tertiary/aromatic N) is 1. The largest absolute Gasteiger partial charge is 0.367 e. The molecule has 0 aromatic rings. The van der Waals surface area contributed by atoms with E-state index < -0.39 is 29.2 Å². The molecule has 1 heterocycles. The molecule has 0 spiro atoms. The van der Waals surface area contributed by atoms with Gasteiger partial charge in [-0.15, -0.1) is 0 Å². The average Bonchev–Trinajstić information content (AvgIpc) is 2.42. The number of rotatable bonds is 4. The maximum Gasteiger partial charge on any atom is 0.249 e. The SMILES string of the molecule is CC(C)(C)C(=O)N1CCC(C(=O)NC(C(N)=O)C(N)=O)CC1. The van der Waals surface area contributed by atoms with Gasteiger partial charge in [-0.1, -0.05) is 20.8 Å². The van der Waals surface area contributed by atoms with Crippen molar-refractivity contribution in [1.82, 2.24) is 10.2 Å². The maximum absolute atomic E-state index is 12.2. The van der Waals surface area contributed by atoms with Crippen molar-refractivity contribution in [3.05, 3.63) is 0 Å². The molecule has 0 aliphatic carbocycles. The molecule has 0 radical (unpaired) electrons. The molecule has 1 aliphatic rings. The van der Waals surface area contributed by atoms with E-state index in [0.29, 0.717) is 25.9 Å². The van der Waals surface area contributed by atoms with E-state index in [1.54, 1.807) is 4.90 Å². The van der Waals surface area contributed by atoms with Gasteiger partial charge in [-0.25, -0.2) is 0 Å². The summed E-state index contributed by atoms with van der Waals surface area (Å²) in [7, 11) is 0. The zero-order valence-corrected chi connectivity index (χ0v) is 13.2. The van der Waals surface area contributed by atoms with Crippen LogP contribution in [0.2, 0.25) is 0 Å². The molecule has 4 amide bonds. The molecule has 124 valence electrons. The third-order valence-electron chi connectivity index (χ3n) is 3.65. The highest BCUT2D eigenvalue weighted by atomic mass is 16.2. The van der Waals surface area contributed by atoms with Crippen molar-refractivity contribution in [3.63, 3.8) is 0 Å². The zero-order valence-electron chi connectivity index (χ0n) is 13.2. The molecule has 5 N–H and O–H groups in total. The van der Waals surface area contributed by atoms with Crippen molar-refractivity contribution in [2.75, 3.05) is 13.1 Å². The normalized spacial score (nSPS) is 16.5. The highest BCUT2D eigenvalue weighted by molar-refractivity contribution is 6.05. The van der Waals surface area contributed by atoms with Gasteiger partial charge in [0.05, 0.1) is 0 Å². The first kappa shape index (κ1) is 17.9. The lowest BCUT2D eigenvalue weighted by molar-refractivity contribution is -0.143. The van der Waals surface area contributed by atoms with E-state index in [4.69, 9.17) is 11.5 Å². The first-order chi connectivity index (χ1) is 10.0. The van der Waals surface area contributed by atoms with E-state index in [2.05, 4.69) is 5.32 Å². The molecule has 8 heteroatoms. The lowest BCUT2D eigenvalue weighted by Gasteiger charge is -2.35. The van der Waals surface area contributed by atoms with E-state index >= 15 is 0 Å². The summed E-state index contributed by atoms with van der Waals surface area (Å²) in [6, 6.07) is -1.50. The molecule has 22 heavy (non-hydrogen) atoms. The van der Waals surface area contributed by atoms with Crippen LogP contribution in [0.25, 0.3) is 0 Å². The van der Waals surface area contributed by atoms with Gasteiger partial charge in [0.2, 0.25) is 23.6 Å². The monoisotopic (exact) mass is 312 g/mol. The van der Waals surface area contributed by atoms with E-state index in [0.717, 1.165) is 0 Å². The number of primary amides is 2. The summed E-state index contributed by atoms with van der Waals surface area (Å²) in [4.78, 5) is 48.1. The Morgan fingerprint density at radius 2 is 1.50 bits per heavy atom. The van der Waals surface area contributed by atoms with Crippen molar-refractivity contribution in [2.24, 2.45) is 22.8 Å². The zero-order chi connectivity index (χ0) is 17.1. The minimum atomic E-state index is -1.50. The van der Waals surface area contributed by atoms with Crippen LogP contribution in [0.15, 0.2) is 0 Å². The van der Waals surface area contributed by atoms with Crippen LogP contribution >= 0.6 is 0 Å². The Bertz CT molecular complexity index is 462. The molecule has 0 saturated carbocycles. The van der Waals surface area contributed by atoms with Gasteiger partial charge in [0.15, 0.2) is 6.04 Å². The van der Waals surface area contributed by atoms with Crippen LogP contribution in [0, 0.1) is 11.3 Å². The molecule has 0 atom stereocenters. The molecule has 1 fully saturated rings. The van der Waals surface area contributed by atoms with Crippen molar-refractivity contribution in [3.8, 4) is 0 Å². The van der Waals surface area contributed by atoms with Gasteiger partial charge in [0.25, 0.3) is 0 Å². The van der Waals surface area contributed by atoms with Gasteiger partial charge in [-0.05, 0) is 12.8 Å². The number of piperidine rings is 1. The standard InChI is InChI=1S/C14H24N4O4/c1-14(2,3)13(22)18-6-4-8(5-7-18)12(21)17-9(10(15)19)11(16)20/h8-9H,4-7H2,1-3H3,(H2,15,19)(H2,16,20)(H,17,21). The number of hydrogen-bond acceptors (Lipinski definition) is 4. The van der Waals surface area contributed by atoms with Gasteiger partial charge in [0.1, 0.15) is 0 Å². The van der Waals surface area contributed by atoms with Crippen LogP contribution in [0.5, 0.6) is 0 Å². The van der Waals surface area contributed by atoms with Crippen molar-refractivity contribution in [2.45, 2.75) is 39.7 Å². The second-order valence-corrected chi connectivity index (χ2v) is 6.56. The fourth-order valence-electron chi connectivity index (χ4n) is 2.36. The molecule has 0 unspecified atom stereocenters. The molecule has 8 nitrogen and oxygen atoms in total. The Morgan fingerprint density at radius 3 is 1.86 bits per heavy atom. The van der Waals surface area contributed by atoms with Gasteiger partial charge in [-0.2, -0.15) is 0 Å². The number of hydrogen-bond donors (Lipinski definition) is 3. The molecule has 1 rings (SSSR count). The Hall–Kier alpha value is -2.12. The summed E-state index contributed by atoms with van der Waals surface area (Å²) in [5, 5.41) is 2.27. The van der Waals surface area contributed by atoms with Crippen LogP contribution in [0.3, 0.4) is 0 Å². The van der Waals surface area contributed by atoms with Crippen molar-refractivity contribution in [1.29, 1.82) is 0 Å². The quantitative estimate of drug-likeness (QED) is 0.557. The molecule has 0 aromatic carbocycles. The second kappa shape index (κ2) is 6.76. The minimum Gasteiger partial charge on any atom is -0.367 e. The molecule has 0 bridgehead atoms. The summed E-state index contributed by atoms with van der Waals surface area (Å²) < 4.78 is 0. The van der Waals surface area contributed by atoms with Crippen LogP contribution in [0.1, 0.15) is 33.6 Å². The first-order valence-corrected chi connectivity index (χ1v) is 7.22. The molecular weight excluding hydrogens is 288 g/mol. The van der Waals surface area contributed by atoms with Crippen molar-refractivity contribution < 1.29 is 19.2 Å². The van der Waals surface area contributed by atoms with E-state index in [1.165, 1.54) is 0 Å². The smallest absolute Gasteiger partial charge is 0.249 e. The fraction of sp³-hybridized carbons (Fsp3) is 0.714. The Labute approximate surface area is 129 Å². The molecule has 1 saturated heterocycles. The lowest BCUT2D eigenvalue weighted by Crippen LogP contribution is -2.55. The summed E-state index contributed by atoms with van der Waals surface area (Å²) in [5.74, 6) is -2.74. The Morgan fingerprint density at radius 1 is 1.05 bits per heavy atom. The van der Waals surface area contributed by atoms with Crippen LogP contribution in [0.4, 0.5) is 0 Å². The fourth-order valence-corrected chi connectivity index (χ4v) is 2.36. The lowest BCUT2D eigenvalue weighted by atomic mass is 9.90. The summed E-state index contributed by atoms with van der Waals surface area (Å²) in [6.07, 6.45) is 0.940. The predicted octanol–water partition coefficient (Wildman–Crippen LogP) is -1.27. The topological polar surface area (TPSA) is 136 Å². The summed E-state index contributed by atoms with van der Waals surface area (Å²) in [6.45, 7) is 6.47.